The second kappa shape index (κ2) is 5.25. The molecule has 17 heavy (non-hydrogen) atoms. The highest BCUT2D eigenvalue weighted by Gasteiger charge is 2.28. The number of likely N-dealkylation sites (tertiary alicyclic amines) is 1. The van der Waals surface area contributed by atoms with Gasteiger partial charge in [0.2, 0.25) is 0 Å². The van der Waals surface area contributed by atoms with Crippen molar-refractivity contribution < 1.29 is 9.21 Å². The Morgan fingerprint density at radius 3 is 2.94 bits per heavy atom. The first-order valence-corrected chi connectivity index (χ1v) is 7.05. The van der Waals surface area contributed by atoms with Crippen molar-refractivity contribution in [2.75, 3.05) is 13.1 Å². The minimum absolute atomic E-state index is 0.0240. The average Bonchev–Trinajstić information content (AvgIpc) is 2.80. The van der Waals surface area contributed by atoms with Crippen molar-refractivity contribution in [1.82, 2.24) is 4.90 Å². The van der Waals surface area contributed by atoms with Crippen LogP contribution < -0.4 is 0 Å². The van der Waals surface area contributed by atoms with Crippen molar-refractivity contribution in [3.8, 4) is 0 Å². The number of piperidine rings is 1. The number of carbonyl (C=O) groups excluding carboxylic acids is 1. The Bertz CT molecular complexity index is 402. The van der Waals surface area contributed by atoms with Crippen molar-refractivity contribution in [2.45, 2.75) is 31.5 Å². The third-order valence-corrected chi connectivity index (χ3v) is 4.67. The van der Waals surface area contributed by atoms with Crippen LogP contribution in [0.5, 0.6) is 0 Å². The Kier molecular flexibility index (Phi) is 3.92. The fourth-order valence-electron chi connectivity index (χ4n) is 2.14. The summed E-state index contributed by atoms with van der Waals surface area (Å²) in [5, 5.41) is 0. The van der Waals surface area contributed by atoms with Gasteiger partial charge in [0.25, 0.3) is 5.91 Å². The van der Waals surface area contributed by atoms with Gasteiger partial charge in [-0.2, -0.15) is 0 Å². The first-order valence-electron chi connectivity index (χ1n) is 6.14. The molecule has 1 aliphatic rings. The third kappa shape index (κ3) is 2.73. The van der Waals surface area contributed by atoms with Gasteiger partial charge < -0.3 is 9.32 Å². The van der Waals surface area contributed by atoms with Gasteiger partial charge >= 0.3 is 0 Å². The van der Waals surface area contributed by atoms with E-state index in [0.29, 0.717) is 16.5 Å². The molecule has 3 nitrogen and oxygen atoms in total. The Hall–Kier alpha value is -0.770. The zero-order chi connectivity index (χ0) is 12.4. The van der Waals surface area contributed by atoms with Gasteiger partial charge in [-0.05, 0) is 24.5 Å². The van der Waals surface area contributed by atoms with Gasteiger partial charge in [0, 0.05) is 24.3 Å². The van der Waals surface area contributed by atoms with Crippen LogP contribution in [0, 0.1) is 5.92 Å². The lowest BCUT2D eigenvalue weighted by molar-refractivity contribution is 0.0656. The Morgan fingerprint density at radius 1 is 1.59 bits per heavy atom. The quantitative estimate of drug-likeness (QED) is 0.786. The molecular weight excluding hydrogens is 282 g/mol. The molecule has 2 rings (SSSR count). The molecule has 1 saturated heterocycles. The minimum Gasteiger partial charge on any atom is -0.456 e. The maximum absolute atomic E-state index is 12.2. The number of carbonyl (C=O) groups is 1. The number of furan rings is 1. The second-order valence-corrected chi connectivity index (χ2v) is 5.83. The first kappa shape index (κ1) is 12.7. The highest BCUT2D eigenvalue weighted by molar-refractivity contribution is 9.09. The van der Waals surface area contributed by atoms with E-state index in [0.717, 1.165) is 31.7 Å². The van der Waals surface area contributed by atoms with Crippen molar-refractivity contribution in [2.24, 2.45) is 5.92 Å². The summed E-state index contributed by atoms with van der Waals surface area (Å²) in [6, 6.07) is 3.67. The summed E-state index contributed by atoms with van der Waals surface area (Å²) >= 11 is 3.64. The van der Waals surface area contributed by atoms with Gasteiger partial charge in [-0.25, -0.2) is 0 Å². The van der Waals surface area contributed by atoms with Crippen LogP contribution in [0.4, 0.5) is 0 Å². The number of nitrogens with zero attached hydrogens (tertiary/aromatic N) is 1. The molecule has 1 aromatic heterocycles. The lowest BCUT2D eigenvalue weighted by atomic mass is 10.00. The smallest absolute Gasteiger partial charge is 0.289 e. The van der Waals surface area contributed by atoms with E-state index >= 15 is 0 Å². The van der Waals surface area contributed by atoms with Crippen LogP contribution in [0.25, 0.3) is 0 Å². The van der Waals surface area contributed by atoms with Crippen LogP contribution in [0.3, 0.4) is 0 Å². The van der Waals surface area contributed by atoms with Crippen molar-refractivity contribution in [3.05, 3.63) is 23.7 Å². The number of amides is 1. The summed E-state index contributed by atoms with van der Waals surface area (Å²) < 4.78 is 5.51. The summed E-state index contributed by atoms with van der Waals surface area (Å²) in [5.74, 6) is 1.86. The minimum atomic E-state index is 0.0240. The van der Waals surface area contributed by atoms with Crippen LogP contribution in [-0.2, 0) is 6.42 Å². The van der Waals surface area contributed by atoms with Crippen molar-refractivity contribution in [3.63, 3.8) is 0 Å². The Labute approximate surface area is 110 Å². The third-order valence-electron chi connectivity index (χ3n) is 3.31. The number of halogens is 1. The van der Waals surface area contributed by atoms with E-state index in [1.165, 1.54) is 0 Å². The van der Waals surface area contributed by atoms with Crippen LogP contribution >= 0.6 is 15.9 Å². The molecule has 0 N–H and O–H groups in total. The molecule has 0 spiro atoms. The second-order valence-electron chi connectivity index (χ2n) is 4.65. The summed E-state index contributed by atoms with van der Waals surface area (Å²) in [4.78, 5) is 14.6. The fraction of sp³-hybridized carbons (Fsp3) is 0.615. The van der Waals surface area contributed by atoms with Crippen molar-refractivity contribution >= 4 is 21.8 Å². The van der Waals surface area contributed by atoms with Gasteiger partial charge in [-0.15, -0.1) is 0 Å². The maximum atomic E-state index is 12.2. The van der Waals surface area contributed by atoms with Gasteiger partial charge in [-0.1, -0.05) is 29.8 Å². The molecule has 0 aliphatic carbocycles. The average molecular weight is 300 g/mol. The lowest BCUT2D eigenvalue weighted by Gasteiger charge is -2.33. The van der Waals surface area contributed by atoms with Gasteiger partial charge in [0.05, 0.1) is 0 Å². The number of alkyl halides is 1. The molecule has 1 fully saturated rings. The molecule has 0 aromatic carbocycles. The predicted molar refractivity (Wildman–Crippen MR) is 70.5 cm³/mol. The van der Waals surface area contributed by atoms with Crippen LogP contribution in [-0.4, -0.2) is 28.7 Å². The number of hydrogen-bond acceptors (Lipinski definition) is 2. The molecule has 94 valence electrons. The van der Waals surface area contributed by atoms with E-state index in [1.54, 1.807) is 6.07 Å². The zero-order valence-corrected chi connectivity index (χ0v) is 11.9. The molecule has 1 amide bonds. The molecule has 2 unspecified atom stereocenters. The molecule has 0 bridgehead atoms. The van der Waals surface area contributed by atoms with E-state index < -0.39 is 0 Å². The van der Waals surface area contributed by atoms with Crippen LogP contribution in [0.15, 0.2) is 16.5 Å². The molecule has 0 saturated carbocycles. The van der Waals surface area contributed by atoms with E-state index in [4.69, 9.17) is 4.42 Å². The summed E-state index contributed by atoms with van der Waals surface area (Å²) in [7, 11) is 0. The van der Waals surface area contributed by atoms with Gasteiger partial charge in [0.15, 0.2) is 5.76 Å². The maximum Gasteiger partial charge on any atom is 0.289 e. The number of rotatable bonds is 2. The van der Waals surface area contributed by atoms with E-state index in [-0.39, 0.29) is 5.91 Å². The standard InChI is InChI=1S/C13H18BrNO2/c1-3-10-4-5-12(17-10)13(16)15-7-6-11(14)9(2)8-15/h4-5,9,11H,3,6-8H2,1-2H3. The topological polar surface area (TPSA) is 33.5 Å². The molecule has 4 heteroatoms. The van der Waals surface area contributed by atoms with E-state index in [2.05, 4.69) is 22.9 Å². The summed E-state index contributed by atoms with van der Waals surface area (Å²) in [6.07, 6.45) is 1.83. The number of hydrogen-bond donors (Lipinski definition) is 0. The Morgan fingerprint density at radius 2 is 2.35 bits per heavy atom. The molecule has 0 radical (unpaired) electrons. The predicted octanol–water partition coefficient (Wildman–Crippen LogP) is 3.09. The highest BCUT2D eigenvalue weighted by Crippen LogP contribution is 2.24. The fourth-order valence-corrected chi connectivity index (χ4v) is 2.51. The normalized spacial score (nSPS) is 25.0. The molecule has 1 aromatic rings. The zero-order valence-electron chi connectivity index (χ0n) is 10.3. The lowest BCUT2D eigenvalue weighted by Crippen LogP contribution is -2.43. The SMILES string of the molecule is CCc1ccc(C(=O)N2CCC(Br)C(C)C2)o1. The van der Waals surface area contributed by atoms with Gasteiger partial charge in [-0.3, -0.25) is 4.79 Å². The largest absolute Gasteiger partial charge is 0.456 e. The van der Waals surface area contributed by atoms with Crippen LogP contribution in [0.2, 0.25) is 0 Å². The van der Waals surface area contributed by atoms with E-state index in [9.17, 15) is 4.79 Å². The summed E-state index contributed by atoms with van der Waals surface area (Å²) in [5.41, 5.74) is 0. The Balaban J connectivity index is 2.05. The number of aryl methyl sites for hydroxylation is 1. The molecule has 1 aliphatic heterocycles. The summed E-state index contributed by atoms with van der Waals surface area (Å²) in [6.45, 7) is 5.79. The van der Waals surface area contributed by atoms with Gasteiger partial charge in [0.1, 0.15) is 5.76 Å². The first-order chi connectivity index (χ1) is 8.11. The molecule has 2 atom stereocenters. The van der Waals surface area contributed by atoms with E-state index in [1.807, 2.05) is 17.9 Å². The molecular formula is C13H18BrNO2. The van der Waals surface area contributed by atoms with Crippen LogP contribution in [0.1, 0.15) is 36.6 Å². The molecule has 2 heterocycles. The highest BCUT2D eigenvalue weighted by atomic mass is 79.9. The van der Waals surface area contributed by atoms with Crippen molar-refractivity contribution in [1.29, 1.82) is 0 Å². The monoisotopic (exact) mass is 299 g/mol.